The molecule has 0 fully saturated rings. The lowest BCUT2D eigenvalue weighted by atomic mass is 9.99. The van der Waals surface area contributed by atoms with Crippen molar-refractivity contribution in [3.8, 4) is 5.75 Å². The standard InChI is InChI=1S/C19H24N2O2S.ClH/c1-5-6-9-20-19-21(4)16-15-10-13(12(3)22)7-8-14(15)17(23)11(2)18(16)24-19;/h7-8,10,19-20,23H,5-6,9H2,1-4H3;1H. The van der Waals surface area contributed by atoms with Crippen LogP contribution in [-0.4, -0.2) is 30.0 Å². The average molecular weight is 381 g/mol. The number of phenolic OH excluding ortho intramolecular Hbond substituents is 1. The summed E-state index contributed by atoms with van der Waals surface area (Å²) in [6.45, 7) is 6.68. The maximum atomic E-state index is 11.8. The van der Waals surface area contributed by atoms with Crippen LogP contribution in [0, 0.1) is 6.92 Å². The summed E-state index contributed by atoms with van der Waals surface area (Å²) in [6.07, 6.45) is 2.30. The van der Waals surface area contributed by atoms with Gasteiger partial charge in [0.05, 0.1) is 5.69 Å². The van der Waals surface area contributed by atoms with Crippen molar-refractivity contribution in [3.05, 3.63) is 29.3 Å². The van der Waals surface area contributed by atoms with Gasteiger partial charge in [-0.3, -0.25) is 10.1 Å². The second-order valence-corrected chi connectivity index (χ2v) is 7.45. The number of benzene rings is 2. The third kappa shape index (κ3) is 3.46. The Labute approximate surface area is 159 Å². The first-order valence-corrected chi connectivity index (χ1v) is 9.26. The first kappa shape index (κ1) is 19.9. The Hall–Kier alpha value is -1.43. The van der Waals surface area contributed by atoms with Gasteiger partial charge in [-0.25, -0.2) is 0 Å². The number of thioether (sulfide) groups is 1. The van der Waals surface area contributed by atoms with E-state index in [2.05, 4.69) is 24.2 Å². The zero-order chi connectivity index (χ0) is 17.4. The molecule has 2 aromatic carbocycles. The zero-order valence-electron chi connectivity index (χ0n) is 15.0. The molecule has 1 aliphatic rings. The molecule has 0 spiro atoms. The molecule has 0 bridgehead atoms. The maximum absolute atomic E-state index is 11.8. The van der Waals surface area contributed by atoms with Crippen LogP contribution in [0.15, 0.2) is 23.1 Å². The highest BCUT2D eigenvalue weighted by molar-refractivity contribution is 8.00. The Morgan fingerprint density at radius 2 is 2.08 bits per heavy atom. The number of halogens is 1. The molecule has 2 N–H and O–H groups in total. The van der Waals surface area contributed by atoms with Gasteiger partial charge in [-0.05, 0) is 38.9 Å². The molecule has 1 aliphatic heterocycles. The number of unbranched alkanes of at least 4 members (excludes halogenated alkanes) is 1. The van der Waals surface area contributed by atoms with Gasteiger partial charge in [0, 0.05) is 33.8 Å². The molecule has 1 unspecified atom stereocenters. The summed E-state index contributed by atoms with van der Waals surface area (Å²) in [5, 5.41) is 15.9. The van der Waals surface area contributed by atoms with Gasteiger partial charge in [-0.2, -0.15) is 0 Å². The first-order chi connectivity index (χ1) is 11.5. The SMILES string of the molecule is CCCCNC1Sc2c(C)c(O)c3ccc(C(C)=O)cc3c2N1C.Cl. The van der Waals surface area contributed by atoms with Gasteiger partial charge < -0.3 is 10.0 Å². The van der Waals surface area contributed by atoms with E-state index >= 15 is 0 Å². The first-order valence-electron chi connectivity index (χ1n) is 8.38. The minimum atomic E-state index is 0. The van der Waals surface area contributed by atoms with E-state index in [1.54, 1.807) is 24.8 Å². The Balaban J connectivity index is 0.00000225. The highest BCUT2D eigenvalue weighted by atomic mass is 35.5. The van der Waals surface area contributed by atoms with Crippen molar-refractivity contribution in [2.45, 2.75) is 44.0 Å². The number of nitrogens with zero attached hydrogens (tertiary/aromatic N) is 1. The largest absolute Gasteiger partial charge is 0.507 e. The van der Waals surface area contributed by atoms with Crippen LogP contribution in [0.1, 0.15) is 42.6 Å². The van der Waals surface area contributed by atoms with Gasteiger partial charge in [-0.15, -0.1) is 12.4 Å². The number of aromatic hydroxyl groups is 1. The van der Waals surface area contributed by atoms with E-state index < -0.39 is 0 Å². The van der Waals surface area contributed by atoms with E-state index in [9.17, 15) is 9.90 Å². The molecule has 4 nitrogen and oxygen atoms in total. The van der Waals surface area contributed by atoms with Crippen LogP contribution in [0.25, 0.3) is 10.8 Å². The van der Waals surface area contributed by atoms with Crippen molar-refractivity contribution in [3.63, 3.8) is 0 Å². The second kappa shape index (κ2) is 7.85. The highest BCUT2D eigenvalue weighted by Gasteiger charge is 2.32. The average Bonchev–Trinajstić information content (AvgIpc) is 2.89. The van der Waals surface area contributed by atoms with Gasteiger partial charge in [0.2, 0.25) is 0 Å². The lowest BCUT2D eigenvalue weighted by Crippen LogP contribution is -2.38. The predicted octanol–water partition coefficient (Wildman–Crippen LogP) is 4.69. The molecule has 0 saturated heterocycles. The van der Waals surface area contributed by atoms with Crippen LogP contribution in [0.2, 0.25) is 0 Å². The zero-order valence-corrected chi connectivity index (χ0v) is 16.7. The summed E-state index contributed by atoms with van der Waals surface area (Å²) in [4.78, 5) is 15.1. The molecular weight excluding hydrogens is 356 g/mol. The van der Waals surface area contributed by atoms with Gasteiger partial charge in [-0.1, -0.05) is 31.2 Å². The Bertz CT molecular complexity index is 810. The molecule has 3 rings (SSSR count). The van der Waals surface area contributed by atoms with Crippen LogP contribution in [0.4, 0.5) is 5.69 Å². The van der Waals surface area contributed by atoms with Crippen molar-refractivity contribution < 1.29 is 9.90 Å². The smallest absolute Gasteiger partial charge is 0.159 e. The molecule has 0 radical (unpaired) electrons. The Morgan fingerprint density at radius 1 is 1.36 bits per heavy atom. The summed E-state index contributed by atoms with van der Waals surface area (Å²) >= 11 is 1.73. The van der Waals surface area contributed by atoms with Crippen molar-refractivity contribution >= 4 is 46.4 Å². The van der Waals surface area contributed by atoms with Crippen molar-refractivity contribution in [2.75, 3.05) is 18.5 Å². The fourth-order valence-corrected chi connectivity index (χ4v) is 4.49. The highest BCUT2D eigenvalue weighted by Crippen LogP contribution is 2.51. The number of ketones is 1. The van der Waals surface area contributed by atoms with Gasteiger partial charge >= 0.3 is 0 Å². The molecule has 136 valence electrons. The van der Waals surface area contributed by atoms with Crippen molar-refractivity contribution in [2.24, 2.45) is 0 Å². The third-order valence-corrected chi connectivity index (χ3v) is 6.07. The number of rotatable bonds is 5. The van der Waals surface area contributed by atoms with E-state index in [1.165, 1.54) is 0 Å². The molecule has 0 amide bonds. The minimum Gasteiger partial charge on any atom is -0.507 e. The molecule has 6 heteroatoms. The molecule has 0 aromatic heterocycles. The quantitative estimate of drug-likeness (QED) is 0.582. The number of hydrogen-bond acceptors (Lipinski definition) is 5. The topological polar surface area (TPSA) is 52.6 Å². The van der Waals surface area contributed by atoms with E-state index in [-0.39, 0.29) is 23.7 Å². The lowest BCUT2D eigenvalue weighted by molar-refractivity contribution is 0.101. The van der Waals surface area contributed by atoms with E-state index in [1.807, 2.05) is 19.1 Å². The number of phenols is 1. The normalized spacial score (nSPS) is 16.0. The molecular formula is C19H25ClN2O2S. The molecule has 0 saturated carbocycles. The molecule has 1 atom stereocenters. The van der Waals surface area contributed by atoms with Crippen LogP contribution in [-0.2, 0) is 0 Å². The monoisotopic (exact) mass is 380 g/mol. The Kier molecular flexibility index (Phi) is 6.25. The van der Waals surface area contributed by atoms with Crippen LogP contribution < -0.4 is 10.2 Å². The summed E-state index contributed by atoms with van der Waals surface area (Å²) in [7, 11) is 2.07. The number of Topliss-reactive ketones (excluding diaryl/α,β-unsaturated/α-hetero) is 1. The number of anilines is 1. The van der Waals surface area contributed by atoms with E-state index in [0.29, 0.717) is 11.3 Å². The molecule has 25 heavy (non-hydrogen) atoms. The molecule has 1 heterocycles. The molecule has 2 aromatic rings. The number of nitrogens with one attached hydrogen (secondary N) is 1. The fraction of sp³-hybridized carbons (Fsp3) is 0.421. The summed E-state index contributed by atoms with van der Waals surface area (Å²) in [6, 6.07) is 5.54. The summed E-state index contributed by atoms with van der Waals surface area (Å²) < 4.78 is 0. The second-order valence-electron chi connectivity index (χ2n) is 6.36. The van der Waals surface area contributed by atoms with E-state index in [0.717, 1.165) is 46.3 Å². The summed E-state index contributed by atoms with van der Waals surface area (Å²) in [5.74, 6) is 0.352. The lowest BCUT2D eigenvalue weighted by Gasteiger charge is -2.23. The Morgan fingerprint density at radius 3 is 2.72 bits per heavy atom. The van der Waals surface area contributed by atoms with Crippen LogP contribution in [0.3, 0.4) is 0 Å². The number of fused-ring (bicyclic) bond motifs is 3. The van der Waals surface area contributed by atoms with Crippen molar-refractivity contribution in [1.82, 2.24) is 5.32 Å². The van der Waals surface area contributed by atoms with E-state index in [4.69, 9.17) is 0 Å². The molecule has 0 aliphatic carbocycles. The minimum absolute atomic E-state index is 0. The van der Waals surface area contributed by atoms with Crippen LogP contribution in [0.5, 0.6) is 5.75 Å². The predicted molar refractivity (Wildman–Crippen MR) is 109 cm³/mol. The fourth-order valence-electron chi connectivity index (χ4n) is 3.16. The van der Waals surface area contributed by atoms with Gasteiger partial charge in [0.1, 0.15) is 11.2 Å². The number of carbonyl (C=O) groups excluding carboxylic acids is 1. The van der Waals surface area contributed by atoms with Crippen LogP contribution >= 0.6 is 24.2 Å². The van der Waals surface area contributed by atoms with Crippen molar-refractivity contribution in [1.29, 1.82) is 0 Å². The third-order valence-electron chi connectivity index (χ3n) is 4.63. The van der Waals surface area contributed by atoms with Gasteiger partial charge in [0.15, 0.2) is 5.78 Å². The van der Waals surface area contributed by atoms with Gasteiger partial charge in [0.25, 0.3) is 0 Å². The summed E-state index contributed by atoms with van der Waals surface area (Å²) in [5.41, 5.74) is 2.83. The number of carbonyl (C=O) groups is 1. The maximum Gasteiger partial charge on any atom is 0.159 e. The number of hydrogen-bond donors (Lipinski definition) is 2.